The predicted octanol–water partition coefficient (Wildman–Crippen LogP) is 0.789. The Morgan fingerprint density at radius 3 is 2.84 bits per heavy atom. The summed E-state index contributed by atoms with van der Waals surface area (Å²) in [5, 5.41) is 10.7. The number of carbonyl (C=O) groups is 1. The van der Waals surface area contributed by atoms with E-state index < -0.39 is 0 Å². The summed E-state index contributed by atoms with van der Waals surface area (Å²) in [7, 11) is 1.74. The molecule has 0 atom stereocenters. The lowest BCUT2D eigenvalue weighted by Gasteiger charge is -2.15. The van der Waals surface area contributed by atoms with Crippen molar-refractivity contribution in [2.45, 2.75) is 26.9 Å². The molecule has 1 amide bonds. The van der Waals surface area contributed by atoms with Crippen LogP contribution in [0.25, 0.3) is 0 Å². The number of nitrogens with one attached hydrogen (secondary N) is 1. The molecule has 0 saturated carbocycles. The number of rotatable bonds is 4. The Morgan fingerprint density at radius 1 is 1.58 bits per heavy atom. The molecule has 0 aliphatic carbocycles. The minimum Gasteiger partial charge on any atom is -0.382 e. The number of aryl methyl sites for hydroxylation is 2. The summed E-state index contributed by atoms with van der Waals surface area (Å²) >= 11 is 0. The van der Waals surface area contributed by atoms with E-state index in [4.69, 9.17) is 5.73 Å². The summed E-state index contributed by atoms with van der Waals surface area (Å²) in [5.74, 6) is 0.166. The van der Waals surface area contributed by atoms with Gasteiger partial charge in [0.2, 0.25) is 0 Å². The van der Waals surface area contributed by atoms with Crippen LogP contribution in [0.5, 0.6) is 0 Å². The average molecular weight is 262 g/mol. The smallest absolute Gasteiger partial charge is 0.271 e. The first-order valence-electron chi connectivity index (χ1n) is 6.10. The lowest BCUT2D eigenvalue weighted by Crippen LogP contribution is -2.26. The van der Waals surface area contributed by atoms with Crippen LogP contribution in [-0.4, -0.2) is 37.8 Å². The fourth-order valence-electron chi connectivity index (χ4n) is 1.86. The summed E-state index contributed by atoms with van der Waals surface area (Å²) < 4.78 is 1.86. The Balaban J connectivity index is 2.10. The number of nitrogens with two attached hydrogens (primary N) is 1. The van der Waals surface area contributed by atoms with Crippen molar-refractivity contribution in [3.8, 4) is 0 Å². The fraction of sp³-hybridized carbons (Fsp3) is 0.417. The number of anilines is 1. The van der Waals surface area contributed by atoms with Gasteiger partial charge in [-0.05, 0) is 13.8 Å². The number of nitrogens with zero attached hydrogens (tertiary/aromatic N) is 4. The van der Waals surface area contributed by atoms with Crippen LogP contribution in [0.15, 0.2) is 12.3 Å². The first-order chi connectivity index (χ1) is 9.01. The second-order valence-corrected chi connectivity index (χ2v) is 4.46. The molecule has 0 radical (unpaired) electrons. The van der Waals surface area contributed by atoms with Crippen LogP contribution in [0.1, 0.15) is 28.7 Å². The fourth-order valence-corrected chi connectivity index (χ4v) is 1.86. The number of nitrogen functional groups attached to an aromatic ring is 1. The van der Waals surface area contributed by atoms with Gasteiger partial charge in [-0.3, -0.25) is 14.6 Å². The maximum Gasteiger partial charge on any atom is 0.271 e. The lowest BCUT2D eigenvalue weighted by molar-refractivity contribution is 0.0779. The number of aromatic nitrogens is 4. The molecule has 3 N–H and O–H groups in total. The molecule has 0 fully saturated rings. The zero-order valence-electron chi connectivity index (χ0n) is 11.3. The van der Waals surface area contributed by atoms with Gasteiger partial charge in [0.05, 0.1) is 5.69 Å². The third-order valence-electron chi connectivity index (χ3n) is 2.95. The number of H-pyrrole nitrogens is 1. The van der Waals surface area contributed by atoms with Crippen LogP contribution in [0.4, 0.5) is 5.82 Å². The van der Waals surface area contributed by atoms with Gasteiger partial charge >= 0.3 is 0 Å². The standard InChI is InChI=1S/C12H18N6O/c1-4-18-7-9(8(2)16-18)6-17(3)12(19)10-5-11(13)15-14-10/h5,7H,4,6H2,1-3H3,(H3,13,14,15). The molecule has 0 spiro atoms. The Kier molecular flexibility index (Phi) is 3.55. The van der Waals surface area contributed by atoms with Crippen LogP contribution >= 0.6 is 0 Å². The highest BCUT2D eigenvalue weighted by Gasteiger charge is 2.16. The second-order valence-electron chi connectivity index (χ2n) is 4.46. The van der Waals surface area contributed by atoms with Gasteiger partial charge in [0.1, 0.15) is 11.5 Å². The minimum atomic E-state index is -0.146. The van der Waals surface area contributed by atoms with Crippen molar-refractivity contribution in [3.63, 3.8) is 0 Å². The second kappa shape index (κ2) is 5.13. The Bertz CT molecular complexity index is 585. The van der Waals surface area contributed by atoms with Crippen LogP contribution in [0, 0.1) is 6.92 Å². The topological polar surface area (TPSA) is 92.8 Å². The van der Waals surface area contributed by atoms with Crippen molar-refractivity contribution in [2.75, 3.05) is 12.8 Å². The molecule has 0 aliphatic heterocycles. The molecule has 2 rings (SSSR count). The molecule has 0 unspecified atom stereocenters. The van der Waals surface area contributed by atoms with Crippen LogP contribution in [0.2, 0.25) is 0 Å². The number of carbonyl (C=O) groups excluding carboxylic acids is 1. The molecule has 2 heterocycles. The molecule has 0 aromatic carbocycles. The third-order valence-corrected chi connectivity index (χ3v) is 2.95. The Morgan fingerprint density at radius 2 is 2.32 bits per heavy atom. The monoisotopic (exact) mass is 262 g/mol. The summed E-state index contributed by atoms with van der Waals surface area (Å²) in [6.07, 6.45) is 1.96. The third kappa shape index (κ3) is 2.75. The lowest BCUT2D eigenvalue weighted by atomic mass is 10.2. The Hall–Kier alpha value is -2.31. The van der Waals surface area contributed by atoms with E-state index in [-0.39, 0.29) is 5.91 Å². The average Bonchev–Trinajstić information content (AvgIpc) is 2.95. The van der Waals surface area contributed by atoms with Crippen molar-refractivity contribution in [1.82, 2.24) is 24.9 Å². The highest BCUT2D eigenvalue weighted by Crippen LogP contribution is 2.11. The molecular formula is C12H18N6O. The number of aromatic amines is 1. The van der Waals surface area contributed by atoms with E-state index in [1.165, 1.54) is 6.07 Å². The van der Waals surface area contributed by atoms with Crippen LogP contribution < -0.4 is 5.73 Å². The molecule has 0 aliphatic rings. The van der Waals surface area contributed by atoms with Gasteiger partial charge in [0, 0.05) is 38.0 Å². The van der Waals surface area contributed by atoms with Crippen LogP contribution in [-0.2, 0) is 13.1 Å². The normalized spacial score (nSPS) is 10.7. The first-order valence-corrected chi connectivity index (χ1v) is 6.10. The summed E-state index contributed by atoms with van der Waals surface area (Å²) in [4.78, 5) is 13.7. The van der Waals surface area contributed by atoms with E-state index >= 15 is 0 Å². The first kappa shape index (κ1) is 13.1. The zero-order valence-corrected chi connectivity index (χ0v) is 11.3. The molecule has 19 heavy (non-hydrogen) atoms. The highest BCUT2D eigenvalue weighted by atomic mass is 16.2. The van der Waals surface area contributed by atoms with Gasteiger partial charge in [0.15, 0.2) is 0 Å². The molecule has 0 saturated heterocycles. The highest BCUT2D eigenvalue weighted by molar-refractivity contribution is 5.92. The van der Waals surface area contributed by atoms with Crippen molar-refractivity contribution >= 4 is 11.7 Å². The number of hydrogen-bond acceptors (Lipinski definition) is 4. The van der Waals surface area contributed by atoms with E-state index in [1.54, 1.807) is 11.9 Å². The quantitative estimate of drug-likeness (QED) is 0.852. The van der Waals surface area contributed by atoms with Gasteiger partial charge < -0.3 is 10.6 Å². The summed E-state index contributed by atoms with van der Waals surface area (Å²) in [6, 6.07) is 1.53. The Labute approximate surface area is 111 Å². The zero-order chi connectivity index (χ0) is 14.0. The van der Waals surface area contributed by atoms with E-state index in [0.717, 1.165) is 17.8 Å². The SMILES string of the molecule is CCn1cc(CN(C)C(=O)c2cc(N)n[nH]2)c(C)n1. The maximum absolute atomic E-state index is 12.1. The molecule has 2 aromatic rings. The van der Waals surface area contributed by atoms with Gasteiger partial charge in [-0.25, -0.2) is 0 Å². The largest absolute Gasteiger partial charge is 0.382 e. The van der Waals surface area contributed by atoms with Gasteiger partial charge in [-0.2, -0.15) is 10.2 Å². The molecule has 7 nitrogen and oxygen atoms in total. The van der Waals surface area contributed by atoms with Crippen molar-refractivity contribution < 1.29 is 4.79 Å². The maximum atomic E-state index is 12.1. The minimum absolute atomic E-state index is 0.146. The van der Waals surface area contributed by atoms with Crippen LogP contribution in [0.3, 0.4) is 0 Å². The molecule has 2 aromatic heterocycles. The van der Waals surface area contributed by atoms with Gasteiger partial charge in [-0.1, -0.05) is 0 Å². The van der Waals surface area contributed by atoms with Crippen molar-refractivity contribution in [2.24, 2.45) is 0 Å². The predicted molar refractivity (Wildman–Crippen MR) is 71.4 cm³/mol. The van der Waals surface area contributed by atoms with E-state index in [0.29, 0.717) is 18.1 Å². The number of hydrogen-bond donors (Lipinski definition) is 2. The summed E-state index contributed by atoms with van der Waals surface area (Å²) in [5.41, 5.74) is 7.85. The van der Waals surface area contributed by atoms with E-state index in [1.807, 2.05) is 24.7 Å². The van der Waals surface area contributed by atoms with Crippen molar-refractivity contribution in [1.29, 1.82) is 0 Å². The molecule has 0 bridgehead atoms. The number of amides is 1. The molecule has 102 valence electrons. The van der Waals surface area contributed by atoms with E-state index in [2.05, 4.69) is 15.3 Å². The van der Waals surface area contributed by atoms with Gasteiger partial charge in [-0.15, -0.1) is 0 Å². The van der Waals surface area contributed by atoms with E-state index in [9.17, 15) is 4.79 Å². The van der Waals surface area contributed by atoms with Crippen molar-refractivity contribution in [3.05, 3.63) is 29.2 Å². The summed E-state index contributed by atoms with van der Waals surface area (Å²) in [6.45, 7) is 5.28. The van der Waals surface area contributed by atoms with Gasteiger partial charge in [0.25, 0.3) is 5.91 Å². The molecular weight excluding hydrogens is 244 g/mol. The molecule has 7 heteroatoms.